The number of hydrogen-bond acceptors (Lipinski definition) is 4. The molecule has 7 nitrogen and oxygen atoms in total. The van der Waals surface area contributed by atoms with E-state index < -0.39 is 6.09 Å². The van der Waals surface area contributed by atoms with Gasteiger partial charge in [-0.05, 0) is 28.8 Å². The highest BCUT2D eigenvalue weighted by molar-refractivity contribution is 5.86. The molecule has 0 aliphatic rings. The van der Waals surface area contributed by atoms with E-state index in [0.29, 0.717) is 36.9 Å². The van der Waals surface area contributed by atoms with Crippen molar-refractivity contribution < 1.29 is 14.6 Å². The van der Waals surface area contributed by atoms with Crippen molar-refractivity contribution in [2.45, 2.75) is 20.0 Å². The van der Waals surface area contributed by atoms with Crippen molar-refractivity contribution in [2.24, 2.45) is 0 Å². The van der Waals surface area contributed by atoms with Crippen LogP contribution in [0.5, 0.6) is 5.88 Å². The number of fused-ring (bicyclic) bond motifs is 2. The molecule has 0 aliphatic carbocycles. The molecule has 0 radical (unpaired) electrons. The van der Waals surface area contributed by atoms with Crippen LogP contribution in [0.25, 0.3) is 16.4 Å². The molecule has 0 aliphatic heterocycles. The van der Waals surface area contributed by atoms with Gasteiger partial charge in [-0.25, -0.2) is 14.3 Å². The zero-order chi connectivity index (χ0) is 19.5. The molecule has 4 rings (SSSR count). The van der Waals surface area contributed by atoms with E-state index >= 15 is 0 Å². The van der Waals surface area contributed by atoms with Crippen molar-refractivity contribution in [1.82, 2.24) is 14.6 Å². The van der Waals surface area contributed by atoms with Gasteiger partial charge >= 0.3 is 6.09 Å². The lowest BCUT2D eigenvalue weighted by Gasteiger charge is -2.14. The van der Waals surface area contributed by atoms with Gasteiger partial charge in [0.25, 0.3) is 0 Å². The number of aromatic nitrogens is 3. The van der Waals surface area contributed by atoms with Crippen LogP contribution in [0.3, 0.4) is 0 Å². The Hall–Kier alpha value is -3.61. The summed E-state index contributed by atoms with van der Waals surface area (Å²) in [7, 11) is 0. The number of benzene rings is 2. The van der Waals surface area contributed by atoms with Crippen LogP contribution in [0, 0.1) is 0 Å². The highest BCUT2D eigenvalue weighted by atomic mass is 16.5. The summed E-state index contributed by atoms with van der Waals surface area (Å²) in [6, 6.07) is 17.8. The Kier molecular flexibility index (Phi) is 4.80. The second-order valence-electron chi connectivity index (χ2n) is 6.43. The Bertz CT molecular complexity index is 1130. The third-order valence-corrected chi connectivity index (χ3v) is 4.49. The van der Waals surface area contributed by atoms with Gasteiger partial charge in [-0.1, -0.05) is 49.4 Å². The van der Waals surface area contributed by atoms with Crippen molar-refractivity contribution in [3.63, 3.8) is 0 Å². The van der Waals surface area contributed by atoms with E-state index in [1.165, 1.54) is 4.90 Å². The number of nitrogens with zero attached hydrogens (tertiary/aromatic N) is 4. The molecule has 0 unspecified atom stereocenters. The summed E-state index contributed by atoms with van der Waals surface area (Å²) in [6.45, 7) is 2.69. The summed E-state index contributed by atoms with van der Waals surface area (Å²) < 4.78 is 7.42. The molecular formula is C21H20N4O3. The molecule has 0 spiro atoms. The molecule has 2 heterocycles. The number of rotatable bonds is 6. The van der Waals surface area contributed by atoms with Crippen molar-refractivity contribution in [2.75, 3.05) is 11.4 Å². The first kappa shape index (κ1) is 17.8. The molecule has 7 heteroatoms. The van der Waals surface area contributed by atoms with E-state index in [0.717, 1.165) is 16.3 Å². The van der Waals surface area contributed by atoms with E-state index in [2.05, 4.69) is 28.3 Å². The molecular weight excluding hydrogens is 356 g/mol. The Balaban J connectivity index is 1.57. The fraction of sp³-hybridized carbons (Fsp3) is 0.190. The second kappa shape index (κ2) is 7.56. The lowest BCUT2D eigenvalue weighted by atomic mass is 10.1. The molecule has 0 fully saturated rings. The van der Waals surface area contributed by atoms with Crippen molar-refractivity contribution in [3.05, 3.63) is 66.4 Å². The van der Waals surface area contributed by atoms with E-state index in [4.69, 9.17) is 4.74 Å². The van der Waals surface area contributed by atoms with E-state index in [1.807, 2.05) is 31.2 Å². The summed E-state index contributed by atoms with van der Waals surface area (Å²) in [5.41, 5.74) is 1.64. The van der Waals surface area contributed by atoms with Gasteiger partial charge < -0.3 is 9.84 Å². The van der Waals surface area contributed by atoms with Crippen LogP contribution in [0.1, 0.15) is 18.9 Å². The van der Waals surface area contributed by atoms with Gasteiger partial charge in [-0.15, -0.1) is 5.10 Å². The minimum Gasteiger partial charge on any atom is -0.472 e. The molecule has 0 saturated heterocycles. The molecule has 142 valence electrons. The minimum absolute atomic E-state index is 0.355. The summed E-state index contributed by atoms with van der Waals surface area (Å²) in [6.07, 6.45) is 1.27. The number of imidazole rings is 1. The Morgan fingerprint density at radius 3 is 2.79 bits per heavy atom. The third-order valence-electron chi connectivity index (χ3n) is 4.49. The maximum absolute atomic E-state index is 11.4. The summed E-state index contributed by atoms with van der Waals surface area (Å²) in [4.78, 5) is 17.0. The smallest absolute Gasteiger partial charge is 0.413 e. The second-order valence-corrected chi connectivity index (χ2v) is 6.43. The topological polar surface area (TPSA) is 80.0 Å². The first-order chi connectivity index (χ1) is 13.7. The zero-order valence-corrected chi connectivity index (χ0v) is 15.4. The first-order valence-electron chi connectivity index (χ1n) is 9.12. The van der Waals surface area contributed by atoms with Gasteiger partial charge in [-0.2, -0.15) is 0 Å². The lowest BCUT2D eigenvalue weighted by molar-refractivity contribution is 0.201. The molecule has 28 heavy (non-hydrogen) atoms. The molecule has 0 bridgehead atoms. The highest BCUT2D eigenvalue weighted by Gasteiger charge is 2.17. The van der Waals surface area contributed by atoms with Gasteiger partial charge in [-0.3, -0.25) is 4.90 Å². The highest BCUT2D eigenvalue weighted by Crippen LogP contribution is 2.21. The average molecular weight is 376 g/mol. The number of carboxylic acid groups (broad SMARTS) is 1. The molecule has 0 saturated carbocycles. The molecule has 4 aromatic rings. The Labute approximate surface area is 161 Å². The van der Waals surface area contributed by atoms with Crippen LogP contribution >= 0.6 is 0 Å². The maximum atomic E-state index is 11.4. The van der Waals surface area contributed by atoms with Crippen LogP contribution in [0.15, 0.2) is 60.8 Å². The minimum atomic E-state index is -1.03. The molecule has 2 aromatic carbocycles. The van der Waals surface area contributed by atoms with Crippen LogP contribution in [0.4, 0.5) is 10.6 Å². The van der Waals surface area contributed by atoms with Gasteiger partial charge in [0.2, 0.25) is 5.88 Å². The quantitative estimate of drug-likeness (QED) is 0.541. The predicted molar refractivity (Wildman–Crippen MR) is 107 cm³/mol. The molecule has 1 N–H and O–H groups in total. The van der Waals surface area contributed by atoms with Crippen LogP contribution in [0.2, 0.25) is 0 Å². The fourth-order valence-electron chi connectivity index (χ4n) is 3.16. The number of ether oxygens (including phenoxy) is 1. The summed E-state index contributed by atoms with van der Waals surface area (Å²) in [5, 5.41) is 16.1. The SMILES string of the molecule is CCCN(C(=O)O)c1cn2nc(OCc3cccc4ccccc34)ccc2n1. The van der Waals surface area contributed by atoms with Gasteiger partial charge in [0, 0.05) is 12.6 Å². The standard InChI is InChI=1S/C21H20N4O3/c1-2-12-24(21(26)27)19-13-25-18(22-19)10-11-20(23-25)28-14-16-8-5-7-15-6-3-4-9-17(15)16/h3-11,13H,2,12,14H2,1H3,(H,26,27). The van der Waals surface area contributed by atoms with Crippen molar-refractivity contribution >= 4 is 28.3 Å². The number of hydrogen-bond donors (Lipinski definition) is 1. The summed E-state index contributed by atoms with van der Waals surface area (Å²) >= 11 is 0. The van der Waals surface area contributed by atoms with Crippen LogP contribution in [-0.4, -0.2) is 32.3 Å². The van der Waals surface area contributed by atoms with Gasteiger partial charge in [0.15, 0.2) is 11.5 Å². The normalized spacial score (nSPS) is 11.0. The molecule has 1 amide bonds. The maximum Gasteiger partial charge on any atom is 0.413 e. The van der Waals surface area contributed by atoms with E-state index in [1.54, 1.807) is 22.8 Å². The van der Waals surface area contributed by atoms with Crippen molar-refractivity contribution in [1.29, 1.82) is 0 Å². The Morgan fingerprint density at radius 1 is 1.14 bits per heavy atom. The average Bonchev–Trinajstić information content (AvgIpc) is 3.13. The summed E-state index contributed by atoms with van der Waals surface area (Å²) in [5.74, 6) is 0.801. The van der Waals surface area contributed by atoms with Gasteiger partial charge in [0.05, 0.1) is 6.20 Å². The van der Waals surface area contributed by atoms with Crippen molar-refractivity contribution in [3.8, 4) is 5.88 Å². The molecule has 2 aromatic heterocycles. The zero-order valence-electron chi connectivity index (χ0n) is 15.4. The number of anilines is 1. The first-order valence-corrected chi connectivity index (χ1v) is 9.12. The van der Waals surface area contributed by atoms with Crippen LogP contribution in [-0.2, 0) is 6.61 Å². The van der Waals surface area contributed by atoms with Crippen LogP contribution < -0.4 is 9.64 Å². The predicted octanol–water partition coefficient (Wildman–Crippen LogP) is 4.36. The fourth-order valence-corrected chi connectivity index (χ4v) is 3.16. The Morgan fingerprint density at radius 2 is 1.96 bits per heavy atom. The third kappa shape index (κ3) is 3.46. The number of carbonyl (C=O) groups is 1. The van der Waals surface area contributed by atoms with Gasteiger partial charge in [0.1, 0.15) is 6.61 Å². The monoisotopic (exact) mass is 376 g/mol. The lowest BCUT2D eigenvalue weighted by Crippen LogP contribution is -2.30. The number of amides is 1. The largest absolute Gasteiger partial charge is 0.472 e. The molecule has 0 atom stereocenters. The van der Waals surface area contributed by atoms with E-state index in [9.17, 15) is 9.90 Å². The van der Waals surface area contributed by atoms with E-state index in [-0.39, 0.29) is 0 Å².